The van der Waals surface area contributed by atoms with Gasteiger partial charge in [-0.25, -0.2) is 9.97 Å². The van der Waals surface area contributed by atoms with Gasteiger partial charge in [0.15, 0.2) is 0 Å². The summed E-state index contributed by atoms with van der Waals surface area (Å²) in [6.45, 7) is 4.10. The Morgan fingerprint density at radius 2 is 1.83 bits per heavy atom. The lowest BCUT2D eigenvalue weighted by Gasteiger charge is -2.09. The molecule has 0 atom stereocenters. The number of rotatable bonds is 2. The van der Waals surface area contributed by atoms with Crippen molar-refractivity contribution < 1.29 is 0 Å². The Morgan fingerprint density at radius 1 is 1.11 bits per heavy atom. The van der Waals surface area contributed by atoms with Crippen molar-refractivity contribution in [2.24, 2.45) is 0 Å². The Morgan fingerprint density at radius 3 is 2.44 bits per heavy atom. The molecule has 0 aliphatic rings. The molecule has 0 unspecified atom stereocenters. The quantitative estimate of drug-likeness (QED) is 0.687. The van der Waals surface area contributed by atoms with E-state index in [9.17, 15) is 0 Å². The number of nitrogens with zero attached hydrogens (tertiary/aromatic N) is 2. The van der Waals surface area contributed by atoms with Crippen molar-refractivity contribution in [1.82, 2.24) is 9.97 Å². The lowest BCUT2D eigenvalue weighted by molar-refractivity contribution is 0.771. The lowest BCUT2D eigenvalue weighted by Crippen LogP contribution is -1.99. The van der Waals surface area contributed by atoms with Crippen LogP contribution in [0.25, 0.3) is 11.3 Å². The third kappa shape index (κ3) is 3.02. The molecule has 0 aliphatic carbocycles. The minimum absolute atomic E-state index is 0.257. The van der Waals surface area contributed by atoms with Gasteiger partial charge < -0.3 is 0 Å². The van der Waals surface area contributed by atoms with Crippen molar-refractivity contribution in [2.75, 3.05) is 0 Å². The van der Waals surface area contributed by atoms with Gasteiger partial charge in [-0.2, -0.15) is 0 Å². The van der Waals surface area contributed by atoms with Crippen LogP contribution in [0.4, 0.5) is 0 Å². The van der Waals surface area contributed by atoms with Gasteiger partial charge in [0.2, 0.25) is 0 Å². The van der Waals surface area contributed by atoms with E-state index in [2.05, 4.69) is 39.7 Å². The fraction of sp³-hybridized carbons (Fsp3) is 0.231. The average Bonchev–Trinajstić information content (AvgIpc) is 2.27. The van der Waals surface area contributed by atoms with E-state index in [4.69, 9.17) is 23.2 Å². The highest BCUT2D eigenvalue weighted by molar-refractivity contribution is 9.10. The second kappa shape index (κ2) is 5.55. The topological polar surface area (TPSA) is 25.8 Å². The second-order valence-electron chi connectivity index (χ2n) is 4.21. The summed E-state index contributed by atoms with van der Waals surface area (Å²) in [6.07, 6.45) is 0. The molecule has 1 aromatic heterocycles. The number of benzene rings is 1. The molecule has 0 saturated heterocycles. The Balaban J connectivity index is 2.56. The molecule has 0 fully saturated rings. The van der Waals surface area contributed by atoms with E-state index in [0.717, 1.165) is 21.7 Å². The van der Waals surface area contributed by atoms with Crippen LogP contribution in [0.3, 0.4) is 0 Å². The maximum absolute atomic E-state index is 6.19. The summed E-state index contributed by atoms with van der Waals surface area (Å²) in [4.78, 5) is 8.87. The van der Waals surface area contributed by atoms with E-state index < -0.39 is 0 Å². The third-order valence-corrected chi connectivity index (χ3v) is 3.39. The standard InChI is InChI=1S/C13H11BrCl2N2/c1-7(2)13-17-11(6-12(14)18-13)9-4-3-8(15)5-10(9)16/h3-7H,1-2H3. The van der Waals surface area contributed by atoms with Crippen LogP contribution in [0, 0.1) is 0 Å². The maximum atomic E-state index is 6.19. The van der Waals surface area contributed by atoms with Gasteiger partial charge in [-0.05, 0) is 40.2 Å². The molecule has 0 bridgehead atoms. The van der Waals surface area contributed by atoms with E-state index in [1.165, 1.54) is 0 Å². The molecular formula is C13H11BrCl2N2. The van der Waals surface area contributed by atoms with Crippen LogP contribution in [-0.2, 0) is 0 Å². The Kier molecular flexibility index (Phi) is 4.25. The minimum atomic E-state index is 0.257. The number of hydrogen-bond donors (Lipinski definition) is 0. The molecule has 0 radical (unpaired) electrons. The van der Waals surface area contributed by atoms with E-state index in [1.54, 1.807) is 12.1 Å². The largest absolute Gasteiger partial charge is 0.232 e. The monoisotopic (exact) mass is 344 g/mol. The fourth-order valence-electron chi connectivity index (χ4n) is 1.53. The van der Waals surface area contributed by atoms with Crippen LogP contribution in [0.1, 0.15) is 25.6 Å². The summed E-state index contributed by atoms with van der Waals surface area (Å²) in [6, 6.07) is 7.22. The van der Waals surface area contributed by atoms with Crippen molar-refractivity contribution in [1.29, 1.82) is 0 Å². The summed E-state index contributed by atoms with van der Waals surface area (Å²) in [5.74, 6) is 1.04. The predicted molar refractivity (Wildman–Crippen MR) is 79.3 cm³/mol. The normalized spacial score (nSPS) is 11.0. The first kappa shape index (κ1) is 13.8. The van der Waals surface area contributed by atoms with E-state index in [1.807, 2.05) is 12.1 Å². The smallest absolute Gasteiger partial charge is 0.132 e. The van der Waals surface area contributed by atoms with Gasteiger partial charge in [-0.3, -0.25) is 0 Å². The SMILES string of the molecule is CC(C)c1nc(Br)cc(-c2ccc(Cl)cc2Cl)n1. The van der Waals surface area contributed by atoms with Crippen LogP contribution in [0.5, 0.6) is 0 Å². The first-order chi connectivity index (χ1) is 8.47. The molecule has 0 spiro atoms. The van der Waals surface area contributed by atoms with Crippen LogP contribution in [0.15, 0.2) is 28.9 Å². The molecule has 0 saturated carbocycles. The number of hydrogen-bond acceptors (Lipinski definition) is 2. The molecule has 2 rings (SSSR count). The zero-order valence-corrected chi connectivity index (χ0v) is 13.0. The lowest BCUT2D eigenvalue weighted by atomic mass is 10.1. The molecule has 1 heterocycles. The van der Waals surface area contributed by atoms with Crippen molar-refractivity contribution in [3.8, 4) is 11.3 Å². The van der Waals surface area contributed by atoms with Gasteiger partial charge in [0.05, 0.1) is 10.7 Å². The van der Waals surface area contributed by atoms with Gasteiger partial charge in [0, 0.05) is 16.5 Å². The molecule has 0 aliphatic heterocycles. The van der Waals surface area contributed by atoms with Crippen LogP contribution < -0.4 is 0 Å². The van der Waals surface area contributed by atoms with E-state index in [-0.39, 0.29) is 5.92 Å². The van der Waals surface area contributed by atoms with E-state index >= 15 is 0 Å². The zero-order valence-electron chi connectivity index (χ0n) is 9.92. The van der Waals surface area contributed by atoms with Gasteiger partial charge in [0.1, 0.15) is 10.4 Å². The fourth-order valence-corrected chi connectivity index (χ4v) is 2.43. The molecule has 5 heteroatoms. The molecule has 0 amide bonds. The van der Waals surface area contributed by atoms with E-state index in [0.29, 0.717) is 10.0 Å². The third-order valence-electron chi connectivity index (χ3n) is 2.44. The Bertz CT molecular complexity index is 585. The van der Waals surface area contributed by atoms with Crippen molar-refractivity contribution >= 4 is 39.1 Å². The highest BCUT2D eigenvalue weighted by Crippen LogP contribution is 2.30. The van der Waals surface area contributed by atoms with Crippen LogP contribution in [0.2, 0.25) is 10.0 Å². The molecule has 2 nitrogen and oxygen atoms in total. The summed E-state index contributed by atoms with van der Waals surface area (Å²) < 4.78 is 0.752. The highest BCUT2D eigenvalue weighted by Gasteiger charge is 2.11. The van der Waals surface area contributed by atoms with Crippen molar-refractivity contribution in [3.63, 3.8) is 0 Å². The minimum Gasteiger partial charge on any atom is -0.232 e. The first-order valence-corrected chi connectivity index (χ1v) is 7.02. The number of halogens is 3. The van der Waals surface area contributed by atoms with Gasteiger partial charge in [0.25, 0.3) is 0 Å². The van der Waals surface area contributed by atoms with Crippen LogP contribution in [-0.4, -0.2) is 9.97 Å². The van der Waals surface area contributed by atoms with Crippen molar-refractivity contribution in [3.05, 3.63) is 44.7 Å². The van der Waals surface area contributed by atoms with Gasteiger partial charge in [-0.1, -0.05) is 37.0 Å². The number of aromatic nitrogens is 2. The molecular weight excluding hydrogens is 335 g/mol. The predicted octanol–water partition coefficient (Wildman–Crippen LogP) is 5.34. The highest BCUT2D eigenvalue weighted by atomic mass is 79.9. The first-order valence-electron chi connectivity index (χ1n) is 5.47. The van der Waals surface area contributed by atoms with Crippen molar-refractivity contribution in [2.45, 2.75) is 19.8 Å². The molecule has 2 aromatic rings. The summed E-state index contributed by atoms with van der Waals surface area (Å²) >= 11 is 15.5. The molecule has 18 heavy (non-hydrogen) atoms. The zero-order chi connectivity index (χ0) is 13.3. The molecule has 0 N–H and O–H groups in total. The van der Waals surface area contributed by atoms with Gasteiger partial charge >= 0.3 is 0 Å². The summed E-state index contributed by atoms with van der Waals surface area (Å²) in [5.41, 5.74) is 1.65. The average molecular weight is 346 g/mol. The second-order valence-corrected chi connectivity index (χ2v) is 5.87. The Labute approximate surface area is 124 Å². The summed E-state index contributed by atoms with van der Waals surface area (Å²) in [5, 5.41) is 1.20. The Hall–Kier alpha value is -0.640. The molecule has 1 aromatic carbocycles. The van der Waals surface area contributed by atoms with Crippen LogP contribution >= 0.6 is 39.1 Å². The maximum Gasteiger partial charge on any atom is 0.132 e. The molecule has 94 valence electrons. The van der Waals surface area contributed by atoms with Gasteiger partial charge in [-0.15, -0.1) is 0 Å². The summed E-state index contributed by atoms with van der Waals surface area (Å²) in [7, 11) is 0.